The molecule has 2 aliphatic heterocycles. The summed E-state index contributed by atoms with van der Waals surface area (Å²) in [4.78, 5) is 27.1. The van der Waals surface area contributed by atoms with Gasteiger partial charge in [0.15, 0.2) is 5.54 Å². The lowest BCUT2D eigenvalue weighted by Crippen LogP contribution is -2.47. The highest BCUT2D eigenvalue weighted by Crippen LogP contribution is 2.41. The lowest BCUT2D eigenvalue weighted by atomic mass is 9.84. The van der Waals surface area contributed by atoms with Gasteiger partial charge in [-0.3, -0.25) is 9.69 Å². The van der Waals surface area contributed by atoms with Gasteiger partial charge in [-0.1, -0.05) is 56.3 Å². The van der Waals surface area contributed by atoms with E-state index in [9.17, 15) is 9.59 Å². The summed E-state index contributed by atoms with van der Waals surface area (Å²) in [5.41, 5.74) is 1.90. The molecule has 134 valence electrons. The Balaban J connectivity index is 1.62. The maximum absolute atomic E-state index is 13.2. The highest BCUT2D eigenvalue weighted by Gasteiger charge is 2.54. The van der Waals surface area contributed by atoms with Crippen LogP contribution in [-0.2, 0) is 16.9 Å². The van der Waals surface area contributed by atoms with Crippen LogP contribution < -0.4 is 10.1 Å². The molecule has 1 spiro atoms. The number of hydrogen-bond donors (Lipinski definition) is 1. The Bertz CT molecular complexity index is 860. The Hall–Kier alpha value is -2.82. The van der Waals surface area contributed by atoms with Crippen molar-refractivity contribution in [1.82, 2.24) is 10.2 Å². The van der Waals surface area contributed by atoms with Crippen LogP contribution in [0.15, 0.2) is 48.5 Å². The molecule has 1 fully saturated rings. The predicted molar refractivity (Wildman–Crippen MR) is 97.8 cm³/mol. The largest absolute Gasteiger partial charge is 0.493 e. The molecule has 1 N–H and O–H groups in total. The van der Waals surface area contributed by atoms with Crippen LogP contribution in [0.3, 0.4) is 0 Å². The number of fused-ring (bicyclic) bond motifs is 2. The van der Waals surface area contributed by atoms with Gasteiger partial charge in [0.2, 0.25) is 0 Å². The number of carbonyl (C=O) groups excluding carboxylic acids is 2. The van der Waals surface area contributed by atoms with Gasteiger partial charge in [-0.05, 0) is 23.1 Å². The van der Waals surface area contributed by atoms with E-state index in [-0.39, 0.29) is 18.5 Å². The minimum Gasteiger partial charge on any atom is -0.493 e. The maximum atomic E-state index is 13.2. The molecule has 2 aromatic carbocycles. The second kappa shape index (κ2) is 6.16. The molecule has 26 heavy (non-hydrogen) atoms. The molecule has 0 saturated carbocycles. The lowest BCUT2D eigenvalue weighted by molar-refractivity contribution is -0.133. The standard InChI is InChI=1S/C21H22N2O3/c1-14(2)16-9-7-15(8-10-16)13-23-19(24)21(22-20(23)25)11-12-26-18-6-4-3-5-17(18)21/h3-10,14H,11-13H2,1-2H3,(H,22,25). The first-order valence-electron chi connectivity index (χ1n) is 8.96. The van der Waals surface area contributed by atoms with E-state index >= 15 is 0 Å². The molecule has 0 radical (unpaired) electrons. The third-order valence-corrected chi connectivity index (χ3v) is 5.24. The van der Waals surface area contributed by atoms with Crippen LogP contribution in [-0.4, -0.2) is 23.4 Å². The highest BCUT2D eigenvalue weighted by molar-refractivity contribution is 6.07. The topological polar surface area (TPSA) is 58.6 Å². The molecule has 1 atom stereocenters. The molecule has 5 heteroatoms. The van der Waals surface area contributed by atoms with Crippen molar-refractivity contribution in [1.29, 1.82) is 0 Å². The summed E-state index contributed by atoms with van der Waals surface area (Å²) < 4.78 is 5.66. The minimum absolute atomic E-state index is 0.203. The van der Waals surface area contributed by atoms with Gasteiger partial charge < -0.3 is 10.1 Å². The number of amides is 3. The monoisotopic (exact) mass is 350 g/mol. The zero-order valence-corrected chi connectivity index (χ0v) is 15.0. The van der Waals surface area contributed by atoms with E-state index in [0.717, 1.165) is 11.1 Å². The molecule has 2 aliphatic rings. The van der Waals surface area contributed by atoms with Crippen LogP contribution in [0.25, 0.3) is 0 Å². The lowest BCUT2D eigenvalue weighted by Gasteiger charge is -2.33. The Labute approximate surface area is 153 Å². The van der Waals surface area contributed by atoms with Gasteiger partial charge in [0, 0.05) is 12.0 Å². The average molecular weight is 350 g/mol. The fraction of sp³-hybridized carbons (Fsp3) is 0.333. The summed E-state index contributed by atoms with van der Waals surface area (Å²) in [5.74, 6) is 0.907. The number of hydrogen-bond acceptors (Lipinski definition) is 3. The van der Waals surface area contributed by atoms with E-state index in [4.69, 9.17) is 4.74 Å². The highest BCUT2D eigenvalue weighted by atomic mass is 16.5. The van der Waals surface area contributed by atoms with Crippen molar-refractivity contribution < 1.29 is 14.3 Å². The molecule has 3 amide bonds. The SMILES string of the molecule is CC(C)c1ccc(CN2C(=O)NC3(CCOc4ccccc43)C2=O)cc1. The Morgan fingerprint density at radius 2 is 1.85 bits per heavy atom. The number of para-hydroxylation sites is 1. The predicted octanol–water partition coefficient (Wildman–Crippen LogP) is 3.54. The second-order valence-electron chi connectivity index (χ2n) is 7.22. The normalized spacial score (nSPS) is 21.7. The molecule has 4 rings (SSSR count). The zero-order valence-electron chi connectivity index (χ0n) is 15.0. The molecule has 2 heterocycles. The van der Waals surface area contributed by atoms with Crippen LogP contribution in [0.5, 0.6) is 5.75 Å². The molecule has 1 saturated heterocycles. The van der Waals surface area contributed by atoms with E-state index in [1.807, 2.05) is 36.4 Å². The number of carbonyl (C=O) groups is 2. The molecule has 1 unspecified atom stereocenters. The number of ether oxygens (including phenoxy) is 1. The smallest absolute Gasteiger partial charge is 0.325 e. The molecular weight excluding hydrogens is 328 g/mol. The molecule has 0 bridgehead atoms. The fourth-order valence-electron chi connectivity index (χ4n) is 3.71. The van der Waals surface area contributed by atoms with Crippen molar-refractivity contribution in [2.24, 2.45) is 0 Å². The minimum atomic E-state index is -1.01. The second-order valence-corrected chi connectivity index (χ2v) is 7.22. The van der Waals surface area contributed by atoms with Crippen LogP contribution >= 0.6 is 0 Å². The summed E-state index contributed by atoms with van der Waals surface area (Å²) in [6, 6.07) is 15.2. The van der Waals surface area contributed by atoms with Gasteiger partial charge in [-0.15, -0.1) is 0 Å². The number of urea groups is 1. The Morgan fingerprint density at radius 3 is 2.58 bits per heavy atom. The number of benzene rings is 2. The first kappa shape index (κ1) is 16.6. The van der Waals surface area contributed by atoms with Gasteiger partial charge in [-0.2, -0.15) is 0 Å². The number of imide groups is 1. The van der Waals surface area contributed by atoms with Gasteiger partial charge in [0.05, 0.1) is 13.2 Å². The van der Waals surface area contributed by atoms with Gasteiger partial charge >= 0.3 is 6.03 Å². The van der Waals surface area contributed by atoms with E-state index in [0.29, 0.717) is 24.7 Å². The van der Waals surface area contributed by atoms with Crippen molar-refractivity contribution in [3.63, 3.8) is 0 Å². The van der Waals surface area contributed by atoms with Crippen LogP contribution in [0.1, 0.15) is 42.9 Å². The summed E-state index contributed by atoms with van der Waals surface area (Å²) in [5, 5.41) is 2.93. The fourth-order valence-corrected chi connectivity index (χ4v) is 3.71. The Morgan fingerprint density at radius 1 is 1.12 bits per heavy atom. The molecule has 0 aromatic heterocycles. The van der Waals surface area contributed by atoms with Gasteiger partial charge in [0.1, 0.15) is 5.75 Å². The summed E-state index contributed by atoms with van der Waals surface area (Å²) in [6.07, 6.45) is 0.442. The first-order chi connectivity index (χ1) is 12.5. The van der Waals surface area contributed by atoms with Crippen molar-refractivity contribution in [2.45, 2.75) is 38.3 Å². The summed E-state index contributed by atoms with van der Waals surface area (Å²) >= 11 is 0. The quantitative estimate of drug-likeness (QED) is 0.862. The van der Waals surface area contributed by atoms with E-state index < -0.39 is 5.54 Å². The number of nitrogens with zero attached hydrogens (tertiary/aromatic N) is 1. The summed E-state index contributed by atoms with van der Waals surface area (Å²) in [6.45, 7) is 4.95. The van der Waals surface area contributed by atoms with Crippen molar-refractivity contribution in [3.8, 4) is 5.75 Å². The Kier molecular flexibility index (Phi) is 3.94. The number of nitrogens with one attached hydrogen (secondary N) is 1. The molecular formula is C21H22N2O3. The third-order valence-electron chi connectivity index (χ3n) is 5.24. The van der Waals surface area contributed by atoms with Crippen molar-refractivity contribution in [2.75, 3.05) is 6.61 Å². The van der Waals surface area contributed by atoms with Crippen LogP contribution in [0, 0.1) is 0 Å². The van der Waals surface area contributed by atoms with Gasteiger partial charge in [0.25, 0.3) is 5.91 Å². The van der Waals surface area contributed by atoms with E-state index in [1.165, 1.54) is 10.5 Å². The average Bonchev–Trinajstić information content (AvgIpc) is 2.87. The maximum Gasteiger partial charge on any atom is 0.325 e. The van der Waals surface area contributed by atoms with Crippen LogP contribution in [0.2, 0.25) is 0 Å². The van der Waals surface area contributed by atoms with Gasteiger partial charge in [-0.25, -0.2) is 4.79 Å². The molecule has 2 aromatic rings. The van der Waals surface area contributed by atoms with E-state index in [1.54, 1.807) is 0 Å². The van der Waals surface area contributed by atoms with Crippen LogP contribution in [0.4, 0.5) is 4.79 Å². The first-order valence-corrected chi connectivity index (χ1v) is 8.96. The molecule has 0 aliphatic carbocycles. The van der Waals surface area contributed by atoms with E-state index in [2.05, 4.69) is 31.3 Å². The third kappa shape index (κ3) is 2.55. The number of rotatable bonds is 3. The zero-order chi connectivity index (χ0) is 18.3. The summed E-state index contributed by atoms with van der Waals surface area (Å²) in [7, 11) is 0. The molecule has 5 nitrogen and oxygen atoms in total. The van der Waals surface area contributed by atoms with Crippen molar-refractivity contribution in [3.05, 3.63) is 65.2 Å². The van der Waals surface area contributed by atoms with Crippen molar-refractivity contribution >= 4 is 11.9 Å².